The molecule has 0 aliphatic heterocycles. The molecule has 0 radical (unpaired) electrons. The minimum absolute atomic E-state index is 0.174. The summed E-state index contributed by atoms with van der Waals surface area (Å²) in [5.41, 5.74) is 14.8. The second-order valence-corrected chi connectivity index (χ2v) is 15.0. The number of hydrogen-bond acceptors (Lipinski definition) is 5. The highest BCUT2D eigenvalue weighted by Crippen LogP contribution is 2.35. The number of hydrogen-bond donors (Lipinski definition) is 2. The van der Waals surface area contributed by atoms with Crippen LogP contribution in [0, 0.1) is 27.7 Å². The molecule has 9 aromatic rings. The predicted octanol–water partition coefficient (Wildman–Crippen LogP) is 11.6. The van der Waals surface area contributed by atoms with E-state index in [9.17, 15) is 4.79 Å². The van der Waals surface area contributed by atoms with E-state index in [2.05, 4.69) is 144 Å². The minimum Gasteiger partial charge on any atom is -0.281 e. The van der Waals surface area contributed by atoms with Crippen LogP contribution in [-0.4, -0.2) is 25.5 Å². The third kappa shape index (κ3) is 6.30. The Morgan fingerprint density at radius 1 is 0.585 bits per heavy atom. The Morgan fingerprint density at radius 2 is 1.15 bits per heavy atom. The fraction of sp³-hybridized carbons (Fsp3) is 0.0909. The zero-order chi connectivity index (χ0) is 36.8. The van der Waals surface area contributed by atoms with Crippen molar-refractivity contribution in [2.75, 3.05) is 5.43 Å². The molecule has 9 heteroatoms. The Morgan fingerprint density at radius 3 is 1.83 bits per heavy atom. The second-order valence-electron chi connectivity index (χ2n) is 13.2. The Hall–Kier alpha value is -5.64. The number of anilines is 1. The molecule has 6 aromatic carbocycles. The normalized spacial score (nSPS) is 11.3. The van der Waals surface area contributed by atoms with Gasteiger partial charge in [-0.1, -0.05) is 117 Å². The van der Waals surface area contributed by atoms with Crippen LogP contribution in [0.3, 0.4) is 0 Å². The summed E-state index contributed by atoms with van der Waals surface area (Å²) in [7, 11) is 0. The lowest BCUT2D eigenvalue weighted by molar-refractivity contribution is 0.0961. The number of amides is 1. The van der Waals surface area contributed by atoms with E-state index < -0.39 is 0 Å². The molecular weight excluding hydrogens is 788 g/mol. The molecule has 53 heavy (non-hydrogen) atoms. The van der Waals surface area contributed by atoms with Crippen molar-refractivity contribution in [1.82, 2.24) is 25.0 Å². The number of carbonyl (C=O) groups is 1. The molecule has 260 valence electrons. The average Bonchev–Trinajstić information content (AvgIpc) is 3.59. The summed E-state index contributed by atoms with van der Waals surface area (Å²) in [6.07, 6.45) is 0. The Bertz CT molecular complexity index is 2860. The molecule has 0 fully saturated rings. The zero-order valence-corrected chi connectivity index (χ0v) is 32.7. The number of carbonyl (C=O) groups excluding carboxylic acids is 1. The standard InChI is InChI=1S/C22H18BrN3O.C22H16BrN3/c1-13-6-5-7-14(2)20(13)22(27)26-25-21-17-9-4-3-8-16(17)18-12-15(23)10-11-19(18)24-21;1-13-6-5-7-14(2)20(13)22-25-24-21-17-9-4-3-8-16(17)18-12-15(23)10-11-19(18)26(21)22/h3-12H,1-2H3,(H,24,25)(H,26,27);3-12H,1-2H3. The van der Waals surface area contributed by atoms with Crippen LogP contribution in [0.15, 0.2) is 130 Å². The topological polar surface area (TPSA) is 84.2 Å². The van der Waals surface area contributed by atoms with Gasteiger partial charge in [-0.05, 0) is 97.1 Å². The van der Waals surface area contributed by atoms with Crippen LogP contribution >= 0.6 is 31.9 Å². The maximum absolute atomic E-state index is 12.7. The molecule has 0 spiro atoms. The van der Waals surface area contributed by atoms with Crippen molar-refractivity contribution in [1.29, 1.82) is 0 Å². The first-order chi connectivity index (χ1) is 25.7. The molecule has 3 heterocycles. The lowest BCUT2D eigenvalue weighted by Crippen LogP contribution is -2.31. The first-order valence-electron chi connectivity index (χ1n) is 17.2. The number of aromatic nitrogens is 4. The van der Waals surface area contributed by atoms with Gasteiger partial charge in [0.1, 0.15) is 0 Å². The average molecular weight is 823 g/mol. The number of benzene rings is 6. The Labute approximate surface area is 323 Å². The molecule has 0 aliphatic carbocycles. The molecule has 1 amide bonds. The van der Waals surface area contributed by atoms with Crippen LogP contribution in [0.4, 0.5) is 5.82 Å². The van der Waals surface area contributed by atoms with Crippen LogP contribution in [0.2, 0.25) is 0 Å². The van der Waals surface area contributed by atoms with Crippen molar-refractivity contribution in [3.05, 3.63) is 158 Å². The van der Waals surface area contributed by atoms with E-state index in [4.69, 9.17) is 4.98 Å². The van der Waals surface area contributed by atoms with E-state index >= 15 is 0 Å². The largest absolute Gasteiger partial charge is 0.281 e. The molecule has 9 rings (SSSR count). The first kappa shape index (κ1) is 34.4. The zero-order valence-electron chi connectivity index (χ0n) is 29.5. The number of nitrogens with zero attached hydrogens (tertiary/aromatic N) is 4. The molecule has 0 atom stereocenters. The van der Waals surface area contributed by atoms with Crippen molar-refractivity contribution < 1.29 is 4.79 Å². The van der Waals surface area contributed by atoms with Crippen LogP contribution < -0.4 is 10.9 Å². The van der Waals surface area contributed by atoms with Crippen molar-refractivity contribution in [3.8, 4) is 11.4 Å². The first-order valence-corrected chi connectivity index (χ1v) is 18.8. The maximum atomic E-state index is 12.7. The van der Waals surface area contributed by atoms with E-state index in [1.54, 1.807) is 0 Å². The van der Waals surface area contributed by atoms with Gasteiger partial charge >= 0.3 is 0 Å². The van der Waals surface area contributed by atoms with E-state index in [1.165, 1.54) is 21.9 Å². The van der Waals surface area contributed by atoms with Gasteiger partial charge in [-0.15, -0.1) is 10.2 Å². The lowest BCUT2D eigenvalue weighted by atomic mass is 10.0. The molecule has 0 bridgehead atoms. The molecule has 0 unspecified atom stereocenters. The maximum Gasteiger partial charge on any atom is 0.270 e. The number of aryl methyl sites for hydroxylation is 4. The van der Waals surface area contributed by atoms with Gasteiger partial charge in [0.2, 0.25) is 0 Å². The van der Waals surface area contributed by atoms with Gasteiger partial charge in [-0.3, -0.25) is 20.0 Å². The van der Waals surface area contributed by atoms with Crippen LogP contribution in [0.1, 0.15) is 32.6 Å². The van der Waals surface area contributed by atoms with Crippen molar-refractivity contribution in [2.24, 2.45) is 0 Å². The molecule has 0 saturated heterocycles. The minimum atomic E-state index is -0.174. The molecule has 7 nitrogen and oxygen atoms in total. The van der Waals surface area contributed by atoms with Gasteiger partial charge in [-0.2, -0.15) is 0 Å². The summed E-state index contributed by atoms with van der Waals surface area (Å²) in [5.74, 6) is 1.35. The van der Waals surface area contributed by atoms with Crippen LogP contribution in [0.5, 0.6) is 0 Å². The fourth-order valence-corrected chi connectivity index (χ4v) is 7.94. The van der Waals surface area contributed by atoms with E-state index in [1.807, 2.05) is 62.4 Å². The van der Waals surface area contributed by atoms with Gasteiger partial charge in [0.05, 0.1) is 11.0 Å². The number of rotatable bonds is 4. The molecule has 2 N–H and O–H groups in total. The number of nitrogens with one attached hydrogen (secondary N) is 2. The SMILES string of the molecule is Cc1cccc(C)c1-c1nnc2c3ccccc3c3cc(Br)ccc3n12.Cc1cccc(C)c1C(=O)NNc1nc2ccc(Br)cc2c2ccccc12. The van der Waals surface area contributed by atoms with Crippen LogP contribution in [0.25, 0.3) is 60.4 Å². The smallest absolute Gasteiger partial charge is 0.270 e. The summed E-state index contributed by atoms with van der Waals surface area (Å²) in [4.78, 5) is 17.4. The Balaban J connectivity index is 0.000000151. The fourth-order valence-electron chi connectivity index (χ4n) is 7.22. The third-order valence-electron chi connectivity index (χ3n) is 9.69. The Kier molecular flexibility index (Phi) is 9.14. The quantitative estimate of drug-likeness (QED) is 0.136. The van der Waals surface area contributed by atoms with Crippen molar-refractivity contribution in [3.63, 3.8) is 0 Å². The van der Waals surface area contributed by atoms with Gasteiger partial charge in [0, 0.05) is 41.6 Å². The summed E-state index contributed by atoms with van der Waals surface area (Å²) < 4.78 is 4.27. The van der Waals surface area contributed by atoms with Crippen LogP contribution in [-0.2, 0) is 0 Å². The van der Waals surface area contributed by atoms with E-state index in [0.29, 0.717) is 11.4 Å². The predicted molar refractivity (Wildman–Crippen MR) is 225 cm³/mol. The highest BCUT2D eigenvalue weighted by atomic mass is 79.9. The van der Waals surface area contributed by atoms with Gasteiger partial charge in [0.15, 0.2) is 17.3 Å². The molecule has 0 aliphatic rings. The summed E-state index contributed by atoms with van der Waals surface area (Å²) in [6, 6.07) is 40.9. The molecular formula is C44H34Br2N6O. The van der Waals surface area contributed by atoms with Gasteiger partial charge in [-0.25, -0.2) is 4.98 Å². The number of pyridine rings is 2. The highest BCUT2D eigenvalue weighted by Gasteiger charge is 2.18. The molecule has 0 saturated carbocycles. The third-order valence-corrected chi connectivity index (χ3v) is 10.7. The monoisotopic (exact) mass is 820 g/mol. The summed E-state index contributed by atoms with van der Waals surface area (Å²) in [5, 5.41) is 15.8. The van der Waals surface area contributed by atoms with Gasteiger partial charge in [0.25, 0.3) is 5.91 Å². The van der Waals surface area contributed by atoms with E-state index in [-0.39, 0.29) is 5.91 Å². The lowest BCUT2D eigenvalue weighted by Gasteiger charge is -2.14. The summed E-state index contributed by atoms with van der Waals surface area (Å²) in [6.45, 7) is 8.12. The number of hydrazine groups is 1. The van der Waals surface area contributed by atoms with E-state index in [0.717, 1.165) is 69.7 Å². The highest BCUT2D eigenvalue weighted by molar-refractivity contribution is 9.10. The number of fused-ring (bicyclic) bond motifs is 9. The van der Waals surface area contributed by atoms with Gasteiger partial charge < -0.3 is 0 Å². The summed E-state index contributed by atoms with van der Waals surface area (Å²) >= 11 is 7.14. The molecule has 3 aromatic heterocycles. The van der Waals surface area contributed by atoms with Crippen molar-refractivity contribution >= 4 is 92.6 Å². The number of halogens is 2. The second kappa shape index (κ2) is 14.1. The van der Waals surface area contributed by atoms with Crippen molar-refractivity contribution in [2.45, 2.75) is 27.7 Å².